The molecule has 0 saturated heterocycles. The third-order valence-corrected chi connectivity index (χ3v) is 0. The van der Waals surface area contributed by atoms with Crippen LogP contribution in [0.15, 0.2) is 0 Å². The van der Waals surface area contributed by atoms with Crippen molar-refractivity contribution in [1.82, 2.24) is 0 Å². The Balaban J connectivity index is -0.00000000667. The van der Waals surface area contributed by atoms with E-state index in [-0.39, 0.29) is 13.0 Å². The van der Waals surface area contributed by atoms with Gasteiger partial charge in [0.15, 0.2) is 0 Å². The zero-order valence-electron chi connectivity index (χ0n) is 4.10. The van der Waals surface area contributed by atoms with Crippen molar-refractivity contribution in [1.29, 1.82) is 5.26 Å². The average Bonchev–Trinajstić information content (AvgIpc) is 0.918. The fraction of sp³-hybridized carbons (Fsp3) is 0. The maximum atomic E-state index is 7.18. The summed E-state index contributed by atoms with van der Waals surface area (Å²) in [4.78, 5) is 0. The van der Waals surface area contributed by atoms with Gasteiger partial charge in [0.25, 0.3) is 0 Å². The summed E-state index contributed by atoms with van der Waals surface area (Å²) in [6.07, 6.45) is 0. The van der Waals surface area contributed by atoms with Crippen LogP contribution in [0.1, 0.15) is 2.85 Å². The van der Waals surface area contributed by atoms with Crippen LogP contribution in [0, 0.1) is 10.7 Å². The fourth-order valence-electron chi connectivity index (χ4n) is 0. The molecular weight excluding hydrogens is 67.1 g/mol. The number of hydrogen-bond acceptors (Lipinski definition) is 2. The molecule has 0 radical (unpaired) electrons. The Bertz CT molecular complexity index is 35.0. The van der Waals surface area contributed by atoms with E-state index in [2.05, 4.69) is 12.6 Å². The van der Waals surface area contributed by atoms with Crippen LogP contribution in [-0.4, -0.2) is 10.1 Å². The second-order valence-corrected chi connectivity index (χ2v) is 0.300. The van der Waals surface area contributed by atoms with E-state index < -0.39 is 0 Å². The summed E-state index contributed by atoms with van der Waals surface area (Å²) in [5, 5.41) is 8.63. The van der Waals surface area contributed by atoms with E-state index in [9.17, 15) is 0 Å². The molecule has 3 heteroatoms. The van der Waals surface area contributed by atoms with E-state index in [1.807, 2.05) is 0 Å². The molecule has 0 aromatic carbocycles. The van der Waals surface area contributed by atoms with Crippen LogP contribution >= 0.6 is 12.6 Å². The second-order valence-electron chi connectivity index (χ2n) is 0.100. The van der Waals surface area contributed by atoms with Gasteiger partial charge in [-0.05, 0) is 0 Å². The second kappa shape index (κ2) is 11.9. The van der Waals surface area contributed by atoms with Gasteiger partial charge in [-0.25, -0.2) is 0 Å². The van der Waals surface area contributed by atoms with E-state index >= 15 is 0 Å². The summed E-state index contributed by atoms with van der Waals surface area (Å²) in [6, 6.07) is 0. The Labute approximate surface area is 37.2 Å². The molecule has 0 spiro atoms. The molecule has 0 atom stereocenters. The molecule has 0 aromatic heterocycles. The van der Waals surface area contributed by atoms with Crippen LogP contribution in [0.4, 0.5) is 0 Å². The van der Waals surface area contributed by atoms with Crippen LogP contribution in [0.25, 0.3) is 0 Å². The SMILES string of the molecule is N#CS.[Be+2].[H-].[H-]. The van der Waals surface area contributed by atoms with Gasteiger partial charge in [0.05, 0.1) is 0 Å². The Kier molecular flexibility index (Phi) is 26.8. The molecule has 0 unspecified atom stereocenters. The van der Waals surface area contributed by atoms with Gasteiger partial charge in [0.1, 0.15) is 5.40 Å². The molecule has 20 valence electrons. The Morgan fingerprint density at radius 2 is 2.00 bits per heavy atom. The quantitative estimate of drug-likeness (QED) is 0.246. The third-order valence-electron chi connectivity index (χ3n) is 0. The Morgan fingerprint density at radius 1 is 2.00 bits per heavy atom. The summed E-state index contributed by atoms with van der Waals surface area (Å²) in [7, 11) is 0. The summed E-state index contributed by atoms with van der Waals surface area (Å²) in [5.74, 6) is 0. The van der Waals surface area contributed by atoms with E-state index in [1.54, 1.807) is 0 Å². The fourth-order valence-corrected chi connectivity index (χ4v) is 0. The third kappa shape index (κ3) is 26200. The molecule has 0 N–H and O–H groups in total. The van der Waals surface area contributed by atoms with Crippen molar-refractivity contribution in [3.63, 3.8) is 0 Å². The van der Waals surface area contributed by atoms with Crippen molar-refractivity contribution in [3.05, 3.63) is 0 Å². The predicted molar refractivity (Wildman–Crippen MR) is 22.6 cm³/mol. The van der Waals surface area contributed by atoms with Crippen LogP contribution in [-0.2, 0) is 0 Å². The molecule has 0 fully saturated rings. The van der Waals surface area contributed by atoms with Gasteiger partial charge < -0.3 is 2.85 Å². The molecule has 0 bridgehead atoms. The smallest absolute Gasteiger partial charge is 1.00 e. The first-order valence-electron chi connectivity index (χ1n) is 0.447. The molecule has 1 nitrogen and oxygen atoms in total. The maximum absolute atomic E-state index is 7.18. The first kappa shape index (κ1) is 8.99. The van der Waals surface area contributed by atoms with E-state index in [0.29, 0.717) is 0 Å². The minimum atomic E-state index is 0. The monoisotopic (exact) mass is 70.0 g/mol. The van der Waals surface area contributed by atoms with Gasteiger partial charge in [-0.15, -0.1) is 0 Å². The summed E-state index contributed by atoms with van der Waals surface area (Å²) in [5.41, 5.74) is 0. The van der Waals surface area contributed by atoms with Gasteiger partial charge in [-0.1, -0.05) is 12.6 Å². The van der Waals surface area contributed by atoms with Crippen molar-refractivity contribution in [2.24, 2.45) is 0 Å². The molecule has 0 heterocycles. The number of rotatable bonds is 0. The van der Waals surface area contributed by atoms with Crippen molar-refractivity contribution in [2.75, 3.05) is 0 Å². The summed E-state index contributed by atoms with van der Waals surface area (Å²) >= 11 is 3.09. The average molecular weight is 70.1 g/mol. The van der Waals surface area contributed by atoms with Crippen molar-refractivity contribution in [2.45, 2.75) is 0 Å². The molecule has 4 heavy (non-hydrogen) atoms. The van der Waals surface area contributed by atoms with Gasteiger partial charge in [-0.3, -0.25) is 0 Å². The minimum absolute atomic E-state index is 0. The van der Waals surface area contributed by atoms with Crippen molar-refractivity contribution < 1.29 is 2.85 Å². The van der Waals surface area contributed by atoms with Crippen LogP contribution < -0.4 is 0 Å². The Morgan fingerprint density at radius 3 is 2.00 bits per heavy atom. The van der Waals surface area contributed by atoms with Gasteiger partial charge in [-0.2, -0.15) is 5.26 Å². The number of thiol groups is 1. The standard InChI is InChI=1S/CHNS.Be.2H/c2-1-3;;;/h3H;;;/q;+2;2*-1. The van der Waals surface area contributed by atoms with Gasteiger partial charge in [0, 0.05) is 0 Å². The van der Waals surface area contributed by atoms with Crippen LogP contribution in [0.3, 0.4) is 0 Å². The zero-order chi connectivity index (χ0) is 2.71. The summed E-state index contributed by atoms with van der Waals surface area (Å²) in [6.45, 7) is 0. The Hall–Kier alpha value is 0.00883. The molecule has 0 aliphatic carbocycles. The molecule has 0 aromatic rings. The topological polar surface area (TPSA) is 23.8 Å². The first-order valence-corrected chi connectivity index (χ1v) is 0.894. The molecule has 0 rings (SSSR count). The molecular formula is CH3BeNS. The van der Waals surface area contributed by atoms with Crippen molar-refractivity contribution in [3.8, 4) is 5.40 Å². The number of hydrogen-bond donors (Lipinski definition) is 1. The number of thiocyanates is 1. The zero-order valence-corrected chi connectivity index (χ0v) is 3.00. The molecule has 0 amide bonds. The van der Waals surface area contributed by atoms with Gasteiger partial charge in [0.2, 0.25) is 0 Å². The minimum Gasteiger partial charge on any atom is -1.00 e. The molecule has 0 aliphatic rings. The summed E-state index contributed by atoms with van der Waals surface area (Å²) < 4.78 is 0. The van der Waals surface area contributed by atoms with E-state index in [4.69, 9.17) is 5.26 Å². The van der Waals surface area contributed by atoms with Crippen LogP contribution in [0.5, 0.6) is 0 Å². The van der Waals surface area contributed by atoms with E-state index in [1.165, 1.54) is 5.40 Å². The maximum Gasteiger partial charge on any atom is 2.00 e. The molecule has 0 aliphatic heterocycles. The van der Waals surface area contributed by atoms with E-state index in [0.717, 1.165) is 0 Å². The normalized spacial score (nSPS) is 2.00. The number of nitriles is 1. The first-order chi connectivity index (χ1) is 1.41. The van der Waals surface area contributed by atoms with Gasteiger partial charge >= 0.3 is 10.1 Å². The molecule has 0 saturated carbocycles. The largest absolute Gasteiger partial charge is 2.00 e. The predicted octanol–water partition coefficient (Wildman–Crippen LogP) is 0.241. The van der Waals surface area contributed by atoms with Crippen molar-refractivity contribution >= 4 is 22.7 Å². The number of nitrogens with zero attached hydrogens (tertiary/aromatic N) is 1. The van der Waals surface area contributed by atoms with Crippen LogP contribution in [0.2, 0.25) is 0 Å².